The molecule has 3 rings (SSSR count). The van der Waals surface area contributed by atoms with E-state index in [1.807, 2.05) is 31.2 Å². The van der Waals surface area contributed by atoms with Gasteiger partial charge in [-0.2, -0.15) is 0 Å². The smallest absolute Gasteiger partial charge is 0.341 e. The Kier molecular flexibility index (Phi) is 7.31. The lowest BCUT2D eigenvalue weighted by Crippen LogP contribution is -2.17. The van der Waals surface area contributed by atoms with E-state index in [4.69, 9.17) is 9.47 Å². The third-order valence-electron chi connectivity index (χ3n) is 5.05. The summed E-state index contributed by atoms with van der Waals surface area (Å²) in [4.78, 5) is 26.2. The number of fused-ring (bicyclic) bond motifs is 1. The molecule has 1 aromatic heterocycles. The van der Waals surface area contributed by atoms with Crippen molar-refractivity contribution in [2.45, 2.75) is 52.9 Å². The fourth-order valence-electron chi connectivity index (χ4n) is 3.58. The van der Waals surface area contributed by atoms with Crippen molar-refractivity contribution < 1.29 is 19.1 Å². The summed E-state index contributed by atoms with van der Waals surface area (Å²) < 4.78 is 11.0. The van der Waals surface area contributed by atoms with Crippen LogP contribution in [0, 0.1) is 12.8 Å². The maximum Gasteiger partial charge on any atom is 0.341 e. The second kappa shape index (κ2) is 9.92. The Morgan fingerprint density at radius 3 is 2.90 bits per heavy atom. The van der Waals surface area contributed by atoms with Crippen molar-refractivity contribution in [1.82, 2.24) is 0 Å². The molecule has 0 radical (unpaired) electrons. The first-order chi connectivity index (χ1) is 14.0. The average Bonchev–Trinajstić information content (AvgIpc) is 3.02. The van der Waals surface area contributed by atoms with Gasteiger partial charge in [0.05, 0.1) is 18.8 Å². The van der Waals surface area contributed by atoms with E-state index in [1.165, 1.54) is 16.2 Å². The van der Waals surface area contributed by atoms with E-state index in [9.17, 15) is 9.59 Å². The number of rotatable bonds is 8. The molecule has 1 heterocycles. The number of amides is 1. The van der Waals surface area contributed by atoms with Crippen LogP contribution >= 0.6 is 11.3 Å². The van der Waals surface area contributed by atoms with E-state index in [1.54, 1.807) is 6.92 Å². The summed E-state index contributed by atoms with van der Waals surface area (Å²) >= 11 is 1.52. The molecule has 1 atom stereocenters. The van der Waals surface area contributed by atoms with Crippen LogP contribution in [0.2, 0.25) is 0 Å². The number of benzene rings is 1. The summed E-state index contributed by atoms with van der Waals surface area (Å²) in [5.74, 6) is 0.973. The van der Waals surface area contributed by atoms with Crippen molar-refractivity contribution in [2.24, 2.45) is 5.92 Å². The largest absolute Gasteiger partial charge is 0.494 e. The lowest BCUT2D eigenvalue weighted by Gasteiger charge is -2.18. The zero-order chi connectivity index (χ0) is 20.8. The van der Waals surface area contributed by atoms with Gasteiger partial charge in [-0.15, -0.1) is 11.3 Å². The second-order valence-electron chi connectivity index (χ2n) is 7.59. The molecule has 0 unspecified atom stereocenters. The first-order valence-corrected chi connectivity index (χ1v) is 11.1. The highest BCUT2D eigenvalue weighted by Crippen LogP contribution is 2.40. The Hall–Kier alpha value is -2.34. The van der Waals surface area contributed by atoms with Gasteiger partial charge >= 0.3 is 5.97 Å². The normalized spacial score (nSPS) is 15.5. The fraction of sp³-hybridized carbons (Fsp3) is 0.478. The first kappa shape index (κ1) is 21.4. The summed E-state index contributed by atoms with van der Waals surface area (Å²) in [6, 6.07) is 7.86. The first-order valence-electron chi connectivity index (χ1n) is 10.3. The summed E-state index contributed by atoms with van der Waals surface area (Å²) in [6.45, 7) is 6.83. The van der Waals surface area contributed by atoms with Crippen LogP contribution in [0.1, 0.15) is 59.5 Å². The Morgan fingerprint density at radius 1 is 1.31 bits per heavy atom. The lowest BCUT2D eigenvalue weighted by atomic mass is 9.88. The van der Waals surface area contributed by atoms with E-state index in [-0.39, 0.29) is 11.9 Å². The Balaban J connectivity index is 1.59. The summed E-state index contributed by atoms with van der Waals surface area (Å²) in [5.41, 5.74) is 2.76. The molecule has 0 fully saturated rings. The van der Waals surface area contributed by atoms with Crippen molar-refractivity contribution in [3.63, 3.8) is 0 Å². The predicted octanol–water partition coefficient (Wildman–Crippen LogP) is 5.16. The third kappa shape index (κ3) is 5.60. The summed E-state index contributed by atoms with van der Waals surface area (Å²) in [6.07, 6.45) is 3.82. The van der Waals surface area contributed by atoms with Gasteiger partial charge in [-0.25, -0.2) is 4.79 Å². The molecule has 0 saturated heterocycles. The number of hydrogen-bond donors (Lipinski definition) is 1. The van der Waals surface area contributed by atoms with Crippen LogP contribution in [0.3, 0.4) is 0 Å². The fourth-order valence-corrected chi connectivity index (χ4v) is 4.99. The molecule has 29 heavy (non-hydrogen) atoms. The van der Waals surface area contributed by atoms with Crippen molar-refractivity contribution >= 4 is 28.2 Å². The van der Waals surface area contributed by atoms with Crippen LogP contribution in [-0.4, -0.2) is 25.1 Å². The van der Waals surface area contributed by atoms with E-state index >= 15 is 0 Å². The molecule has 6 heteroatoms. The van der Waals surface area contributed by atoms with Crippen LogP contribution in [0.5, 0.6) is 5.75 Å². The summed E-state index contributed by atoms with van der Waals surface area (Å²) in [5, 5.41) is 3.58. The van der Waals surface area contributed by atoms with Gasteiger partial charge < -0.3 is 14.8 Å². The van der Waals surface area contributed by atoms with Crippen LogP contribution in [0.15, 0.2) is 24.3 Å². The standard InChI is InChI=1S/C23H29NO4S/c1-4-27-23(26)21-18-11-10-16(3)14-19(18)29-22(21)24-20(25)9-6-12-28-17-8-5-7-15(2)13-17/h5,7-8,13,16H,4,6,9-12,14H2,1-3H3,(H,24,25)/t16-/m0/s1. The van der Waals surface area contributed by atoms with Gasteiger partial charge in [-0.1, -0.05) is 19.1 Å². The maximum atomic E-state index is 12.5. The van der Waals surface area contributed by atoms with Gasteiger partial charge in [0.15, 0.2) is 0 Å². The highest BCUT2D eigenvalue weighted by molar-refractivity contribution is 7.17. The Morgan fingerprint density at radius 2 is 2.14 bits per heavy atom. The van der Waals surface area contributed by atoms with E-state index in [0.29, 0.717) is 42.5 Å². The van der Waals surface area contributed by atoms with Gasteiger partial charge in [0.25, 0.3) is 0 Å². The molecule has 1 amide bonds. The molecular formula is C23H29NO4S. The van der Waals surface area contributed by atoms with Gasteiger partial charge in [-0.05, 0) is 68.7 Å². The SMILES string of the molecule is CCOC(=O)c1c(NC(=O)CCCOc2cccc(C)c2)sc2c1CC[C@H](C)C2. The molecule has 0 bridgehead atoms. The summed E-state index contributed by atoms with van der Waals surface area (Å²) in [7, 11) is 0. The predicted molar refractivity (Wildman–Crippen MR) is 116 cm³/mol. The minimum atomic E-state index is -0.336. The molecule has 2 aromatic rings. The number of carbonyl (C=O) groups is 2. The quantitative estimate of drug-likeness (QED) is 0.478. The molecule has 1 aromatic carbocycles. The monoisotopic (exact) mass is 415 g/mol. The number of esters is 1. The van der Waals surface area contributed by atoms with Crippen LogP contribution < -0.4 is 10.1 Å². The molecule has 0 aliphatic heterocycles. The number of nitrogens with one attached hydrogen (secondary N) is 1. The average molecular weight is 416 g/mol. The maximum absolute atomic E-state index is 12.5. The number of hydrogen-bond acceptors (Lipinski definition) is 5. The van der Waals surface area contributed by atoms with E-state index in [0.717, 1.165) is 36.1 Å². The van der Waals surface area contributed by atoms with Gasteiger partial charge in [0, 0.05) is 11.3 Å². The zero-order valence-electron chi connectivity index (χ0n) is 17.4. The molecule has 1 aliphatic carbocycles. The molecular weight excluding hydrogens is 386 g/mol. The molecule has 0 saturated carbocycles. The van der Waals surface area contributed by atoms with E-state index < -0.39 is 0 Å². The number of thiophene rings is 1. The van der Waals surface area contributed by atoms with Gasteiger partial charge in [-0.3, -0.25) is 4.79 Å². The highest BCUT2D eigenvalue weighted by Gasteiger charge is 2.29. The number of carbonyl (C=O) groups excluding carboxylic acids is 2. The molecule has 5 nitrogen and oxygen atoms in total. The Bertz CT molecular complexity index is 874. The topological polar surface area (TPSA) is 64.6 Å². The van der Waals surface area contributed by atoms with Crippen LogP contribution in [0.4, 0.5) is 5.00 Å². The highest BCUT2D eigenvalue weighted by atomic mass is 32.1. The van der Waals surface area contributed by atoms with Crippen LogP contribution in [0.25, 0.3) is 0 Å². The second-order valence-corrected chi connectivity index (χ2v) is 8.70. The number of anilines is 1. The van der Waals surface area contributed by atoms with Gasteiger partial charge in [0.1, 0.15) is 10.8 Å². The van der Waals surface area contributed by atoms with Gasteiger partial charge in [0.2, 0.25) is 5.91 Å². The third-order valence-corrected chi connectivity index (χ3v) is 6.22. The molecule has 1 aliphatic rings. The van der Waals surface area contributed by atoms with Crippen molar-refractivity contribution in [2.75, 3.05) is 18.5 Å². The van der Waals surface area contributed by atoms with Crippen molar-refractivity contribution in [1.29, 1.82) is 0 Å². The minimum Gasteiger partial charge on any atom is -0.494 e. The van der Waals surface area contributed by atoms with Crippen molar-refractivity contribution in [3.05, 3.63) is 45.8 Å². The molecule has 156 valence electrons. The minimum absolute atomic E-state index is 0.102. The number of ether oxygens (including phenoxy) is 2. The lowest BCUT2D eigenvalue weighted by molar-refractivity contribution is -0.116. The molecule has 1 N–H and O–H groups in total. The van der Waals surface area contributed by atoms with Crippen molar-refractivity contribution in [3.8, 4) is 5.75 Å². The van der Waals surface area contributed by atoms with E-state index in [2.05, 4.69) is 12.2 Å². The zero-order valence-corrected chi connectivity index (χ0v) is 18.2. The van der Waals surface area contributed by atoms with Crippen LogP contribution in [-0.2, 0) is 22.4 Å². The Labute approximate surface area is 176 Å². The molecule has 0 spiro atoms. The number of aryl methyl sites for hydroxylation is 1.